The second-order valence-electron chi connectivity index (χ2n) is 5.88. The second-order valence-corrected chi connectivity index (χ2v) is 5.88. The summed E-state index contributed by atoms with van der Waals surface area (Å²) in [7, 11) is 0. The van der Waals surface area contributed by atoms with E-state index in [0.717, 1.165) is 23.0 Å². The van der Waals surface area contributed by atoms with E-state index in [1.165, 1.54) is 12.1 Å². The van der Waals surface area contributed by atoms with Gasteiger partial charge in [0.2, 0.25) is 0 Å². The van der Waals surface area contributed by atoms with Crippen LogP contribution in [0.1, 0.15) is 25.5 Å². The van der Waals surface area contributed by atoms with E-state index >= 15 is 0 Å². The van der Waals surface area contributed by atoms with Crippen LogP contribution >= 0.6 is 0 Å². The van der Waals surface area contributed by atoms with Crippen LogP contribution in [0.5, 0.6) is 0 Å². The van der Waals surface area contributed by atoms with Crippen LogP contribution in [0.25, 0.3) is 10.9 Å². The van der Waals surface area contributed by atoms with Crippen LogP contribution in [-0.4, -0.2) is 40.2 Å². The number of fused-ring (bicyclic) bond motifs is 1. The molecule has 0 bridgehead atoms. The first-order valence-electron chi connectivity index (χ1n) is 7.73. The summed E-state index contributed by atoms with van der Waals surface area (Å²) in [6.07, 6.45) is 0.597. The quantitative estimate of drug-likeness (QED) is 0.862. The van der Waals surface area contributed by atoms with Crippen molar-refractivity contribution in [3.8, 4) is 0 Å². The molecule has 3 rings (SSSR count). The topological polar surface area (TPSA) is 21.1 Å². The van der Waals surface area contributed by atoms with Crippen molar-refractivity contribution in [1.82, 2.24) is 14.7 Å². The van der Waals surface area contributed by atoms with Crippen LogP contribution < -0.4 is 0 Å². The van der Waals surface area contributed by atoms with Gasteiger partial charge in [-0.1, -0.05) is 6.92 Å². The Bertz CT molecular complexity index is 656. The van der Waals surface area contributed by atoms with Gasteiger partial charge in [-0.25, -0.2) is 13.2 Å². The van der Waals surface area contributed by atoms with Crippen molar-refractivity contribution in [3.63, 3.8) is 0 Å². The van der Waals surface area contributed by atoms with Gasteiger partial charge >= 0.3 is 0 Å². The Labute approximate surface area is 127 Å². The van der Waals surface area contributed by atoms with E-state index in [4.69, 9.17) is 0 Å². The second kappa shape index (κ2) is 5.91. The summed E-state index contributed by atoms with van der Waals surface area (Å²) < 4.78 is 41.6. The Morgan fingerprint density at radius 2 is 1.91 bits per heavy atom. The summed E-state index contributed by atoms with van der Waals surface area (Å²) in [5.74, 6) is -2.78. The fourth-order valence-corrected chi connectivity index (χ4v) is 2.99. The lowest BCUT2D eigenvalue weighted by Gasteiger charge is -2.31. The van der Waals surface area contributed by atoms with Crippen molar-refractivity contribution in [3.05, 3.63) is 29.7 Å². The van der Waals surface area contributed by atoms with E-state index in [-0.39, 0.29) is 18.7 Å². The summed E-state index contributed by atoms with van der Waals surface area (Å²) >= 11 is 0. The summed E-state index contributed by atoms with van der Waals surface area (Å²) in [5, 5.41) is 5.38. The molecule has 3 nitrogen and oxygen atoms in total. The monoisotopic (exact) mass is 311 g/mol. The lowest BCUT2D eigenvalue weighted by atomic mass is 10.1. The van der Waals surface area contributed by atoms with Gasteiger partial charge < -0.3 is 4.90 Å². The number of likely N-dealkylation sites (tertiary alicyclic amines) is 1. The molecule has 22 heavy (non-hydrogen) atoms. The smallest absolute Gasteiger partial charge is 0.250 e. The van der Waals surface area contributed by atoms with Crippen molar-refractivity contribution in [2.24, 2.45) is 0 Å². The molecule has 1 aliphatic heterocycles. The molecule has 6 heteroatoms. The number of nitrogens with zero attached hydrogens (tertiary/aromatic N) is 3. The molecule has 1 aliphatic rings. The number of aryl methyl sites for hydroxylation is 1. The number of alkyl halides is 2. The van der Waals surface area contributed by atoms with Crippen LogP contribution in [0.4, 0.5) is 13.2 Å². The number of benzene rings is 1. The van der Waals surface area contributed by atoms with Gasteiger partial charge in [0.25, 0.3) is 5.92 Å². The molecular weight excluding hydrogens is 291 g/mol. The zero-order chi connectivity index (χ0) is 15.7. The fourth-order valence-electron chi connectivity index (χ4n) is 2.99. The van der Waals surface area contributed by atoms with E-state index < -0.39 is 5.92 Å². The van der Waals surface area contributed by atoms with Gasteiger partial charge in [0, 0.05) is 37.9 Å². The number of rotatable bonds is 4. The highest BCUT2D eigenvalue weighted by Gasteiger charge is 2.33. The Kier molecular flexibility index (Phi) is 4.12. The number of hydrogen-bond donors (Lipinski definition) is 0. The minimum Gasteiger partial charge on any atom is -0.301 e. The van der Waals surface area contributed by atoms with E-state index in [9.17, 15) is 13.2 Å². The third-order valence-corrected chi connectivity index (χ3v) is 4.34. The maximum absolute atomic E-state index is 13.4. The van der Waals surface area contributed by atoms with Gasteiger partial charge in [0.05, 0.1) is 17.8 Å². The molecule has 0 unspecified atom stereocenters. The molecule has 0 amide bonds. The van der Waals surface area contributed by atoms with Crippen molar-refractivity contribution in [2.75, 3.05) is 19.6 Å². The largest absolute Gasteiger partial charge is 0.301 e. The molecule has 2 aromatic rings. The van der Waals surface area contributed by atoms with Crippen LogP contribution in [0.3, 0.4) is 0 Å². The molecule has 1 fully saturated rings. The Morgan fingerprint density at radius 3 is 2.59 bits per heavy atom. The van der Waals surface area contributed by atoms with Gasteiger partial charge in [-0.05, 0) is 24.6 Å². The third-order valence-electron chi connectivity index (χ3n) is 4.34. The molecule has 120 valence electrons. The molecule has 0 aliphatic carbocycles. The highest BCUT2D eigenvalue weighted by atomic mass is 19.3. The number of aromatic nitrogens is 2. The molecule has 0 N–H and O–H groups in total. The Morgan fingerprint density at radius 1 is 1.18 bits per heavy atom. The average Bonchev–Trinajstić information content (AvgIpc) is 2.83. The third kappa shape index (κ3) is 3.11. The van der Waals surface area contributed by atoms with Gasteiger partial charge in [0.15, 0.2) is 0 Å². The summed E-state index contributed by atoms with van der Waals surface area (Å²) in [6.45, 7) is 4.15. The molecule has 0 atom stereocenters. The zero-order valence-corrected chi connectivity index (χ0v) is 12.7. The molecule has 0 saturated carbocycles. The minimum atomic E-state index is -2.51. The van der Waals surface area contributed by atoms with Crippen LogP contribution in [0.15, 0.2) is 18.2 Å². The first-order valence-corrected chi connectivity index (χ1v) is 7.73. The van der Waals surface area contributed by atoms with Crippen molar-refractivity contribution in [1.29, 1.82) is 0 Å². The predicted molar refractivity (Wildman–Crippen MR) is 79.7 cm³/mol. The molecule has 1 aromatic heterocycles. The fraction of sp³-hybridized carbons (Fsp3) is 0.562. The van der Waals surface area contributed by atoms with Crippen LogP contribution in [-0.2, 0) is 13.0 Å². The average molecular weight is 311 g/mol. The van der Waals surface area contributed by atoms with E-state index in [1.54, 1.807) is 6.07 Å². The van der Waals surface area contributed by atoms with Gasteiger partial charge in [0.1, 0.15) is 5.82 Å². The van der Waals surface area contributed by atoms with Gasteiger partial charge in [-0.3, -0.25) is 4.68 Å². The number of piperidine rings is 1. The molecular formula is C16H20F3N3. The first kappa shape index (κ1) is 15.3. The van der Waals surface area contributed by atoms with Crippen molar-refractivity contribution < 1.29 is 13.2 Å². The van der Waals surface area contributed by atoms with E-state index in [2.05, 4.69) is 5.10 Å². The van der Waals surface area contributed by atoms with Gasteiger partial charge in [-0.2, -0.15) is 5.10 Å². The highest BCUT2D eigenvalue weighted by molar-refractivity contribution is 5.82. The maximum atomic E-state index is 13.4. The summed E-state index contributed by atoms with van der Waals surface area (Å²) in [5.41, 5.74) is 1.78. The lowest BCUT2D eigenvalue weighted by molar-refractivity contribution is -0.0555. The number of halogens is 3. The normalized spacial score (nSPS) is 18.9. The first-order chi connectivity index (χ1) is 10.5. The standard InChI is InChI=1S/C16H20F3N3/c1-2-14-13-11-12(17)3-4-15(13)22(20-14)10-9-21-7-5-16(18,19)6-8-21/h3-4,11H,2,5-10H2,1H3. The SMILES string of the molecule is CCc1nn(CCN2CCC(F)(F)CC2)c2ccc(F)cc12. The van der Waals surface area contributed by atoms with Crippen LogP contribution in [0.2, 0.25) is 0 Å². The van der Waals surface area contributed by atoms with Crippen molar-refractivity contribution >= 4 is 10.9 Å². The zero-order valence-electron chi connectivity index (χ0n) is 12.7. The minimum absolute atomic E-state index is 0.0712. The lowest BCUT2D eigenvalue weighted by Crippen LogP contribution is -2.40. The van der Waals surface area contributed by atoms with E-state index in [0.29, 0.717) is 26.2 Å². The highest BCUT2D eigenvalue weighted by Crippen LogP contribution is 2.27. The molecule has 2 heterocycles. The number of hydrogen-bond acceptors (Lipinski definition) is 2. The Balaban J connectivity index is 1.72. The van der Waals surface area contributed by atoms with Crippen molar-refractivity contribution in [2.45, 2.75) is 38.7 Å². The predicted octanol–water partition coefficient (Wildman–Crippen LogP) is 3.47. The maximum Gasteiger partial charge on any atom is 0.250 e. The van der Waals surface area contributed by atoms with Gasteiger partial charge in [-0.15, -0.1) is 0 Å². The Hall–Kier alpha value is -1.56. The molecule has 0 spiro atoms. The van der Waals surface area contributed by atoms with E-state index in [1.807, 2.05) is 16.5 Å². The van der Waals surface area contributed by atoms with Crippen LogP contribution in [0, 0.1) is 5.82 Å². The molecule has 1 saturated heterocycles. The summed E-state index contributed by atoms with van der Waals surface area (Å²) in [6, 6.07) is 4.68. The molecule has 1 aromatic carbocycles. The molecule has 0 radical (unpaired) electrons. The summed E-state index contributed by atoms with van der Waals surface area (Å²) in [4.78, 5) is 2.04.